The van der Waals surface area contributed by atoms with Crippen molar-refractivity contribution in [1.82, 2.24) is 10.4 Å². The summed E-state index contributed by atoms with van der Waals surface area (Å²) < 4.78 is 13.2. The molecule has 4 rings (SSSR count). The lowest BCUT2D eigenvalue weighted by atomic mass is 10.1. The van der Waals surface area contributed by atoms with Crippen molar-refractivity contribution >= 4 is 58.0 Å². The maximum absolute atomic E-state index is 13.3. The van der Waals surface area contributed by atoms with E-state index in [1.54, 1.807) is 42.5 Å². The number of nitrogens with zero attached hydrogens (tertiary/aromatic N) is 2. The molecule has 1 unspecified atom stereocenters. The van der Waals surface area contributed by atoms with Crippen LogP contribution < -0.4 is 15.6 Å². The highest BCUT2D eigenvalue weighted by Gasteiger charge is 2.45. The molecule has 1 heterocycles. The highest BCUT2D eigenvalue weighted by atomic mass is 35.5. The average molecular weight is 497 g/mol. The fourth-order valence-corrected chi connectivity index (χ4v) is 3.90. The summed E-state index contributed by atoms with van der Waals surface area (Å²) in [6.45, 7) is 0. The van der Waals surface area contributed by atoms with Crippen molar-refractivity contribution in [1.29, 1.82) is 0 Å². The van der Waals surface area contributed by atoms with E-state index in [1.807, 2.05) is 0 Å². The van der Waals surface area contributed by atoms with E-state index in [9.17, 15) is 18.8 Å². The number of rotatable bonds is 6. The number of carbonyl (C=O) groups is 3. The normalized spacial score (nSPS) is 15.4. The number of thiocarbonyl (C=S) groups is 1. The van der Waals surface area contributed by atoms with Gasteiger partial charge in [-0.3, -0.25) is 24.7 Å². The molecule has 0 radical (unpaired) electrons. The van der Waals surface area contributed by atoms with Crippen molar-refractivity contribution in [3.63, 3.8) is 0 Å². The highest BCUT2D eigenvalue weighted by Crippen LogP contribution is 2.26. The van der Waals surface area contributed by atoms with E-state index in [4.69, 9.17) is 23.8 Å². The molecular formula is C24H18ClFN4O3S. The SMILES string of the molecule is O=C(CC1C(=O)N(c2ccccc2)C(=S)N1NC(=O)c1ccc(Cl)cc1)Nc1ccc(F)cc1. The molecule has 0 saturated carbocycles. The van der Waals surface area contributed by atoms with Gasteiger partial charge in [0, 0.05) is 16.3 Å². The lowest BCUT2D eigenvalue weighted by Crippen LogP contribution is -2.49. The van der Waals surface area contributed by atoms with Crippen LogP contribution in [0.3, 0.4) is 0 Å². The van der Waals surface area contributed by atoms with Gasteiger partial charge in [0.25, 0.3) is 11.8 Å². The zero-order valence-electron chi connectivity index (χ0n) is 17.6. The molecule has 0 bridgehead atoms. The molecule has 172 valence electrons. The van der Waals surface area contributed by atoms with E-state index >= 15 is 0 Å². The smallest absolute Gasteiger partial charge is 0.269 e. The molecule has 7 nitrogen and oxygen atoms in total. The van der Waals surface area contributed by atoms with Gasteiger partial charge in [-0.15, -0.1) is 0 Å². The molecule has 3 aromatic rings. The Kier molecular flexibility index (Phi) is 6.85. The Morgan fingerprint density at radius 3 is 2.26 bits per heavy atom. The van der Waals surface area contributed by atoms with E-state index in [0.717, 1.165) is 0 Å². The van der Waals surface area contributed by atoms with Crippen LogP contribution in [0.4, 0.5) is 15.8 Å². The first-order chi connectivity index (χ1) is 16.3. The van der Waals surface area contributed by atoms with E-state index in [0.29, 0.717) is 22.0 Å². The Hall–Kier alpha value is -3.82. The standard InChI is InChI=1S/C24H18ClFN4O3S/c25-16-8-6-15(7-9-16)22(32)28-30-20(14-21(31)27-18-12-10-17(26)11-13-18)23(33)29(24(30)34)19-4-2-1-3-5-19/h1-13,20H,14H2,(H,27,31)(H,28,32). The predicted molar refractivity (Wildman–Crippen MR) is 131 cm³/mol. The molecule has 1 aliphatic rings. The van der Waals surface area contributed by atoms with Crippen LogP contribution in [0.15, 0.2) is 78.9 Å². The third-order valence-electron chi connectivity index (χ3n) is 5.06. The predicted octanol–water partition coefficient (Wildman–Crippen LogP) is 4.16. The van der Waals surface area contributed by atoms with Gasteiger partial charge in [0.1, 0.15) is 11.9 Å². The number of anilines is 2. The Balaban J connectivity index is 1.58. The maximum Gasteiger partial charge on any atom is 0.269 e. The summed E-state index contributed by atoms with van der Waals surface area (Å²) in [4.78, 5) is 40.1. The number of nitrogens with one attached hydrogen (secondary N) is 2. The van der Waals surface area contributed by atoms with Gasteiger partial charge in [-0.05, 0) is 72.9 Å². The molecule has 10 heteroatoms. The fourth-order valence-electron chi connectivity index (χ4n) is 3.41. The van der Waals surface area contributed by atoms with Gasteiger partial charge in [0.15, 0.2) is 0 Å². The lowest BCUT2D eigenvalue weighted by molar-refractivity contribution is -0.124. The topological polar surface area (TPSA) is 81.8 Å². The van der Waals surface area contributed by atoms with Gasteiger partial charge in [-0.2, -0.15) is 0 Å². The number of halogens is 2. The van der Waals surface area contributed by atoms with Crippen LogP contribution in [0.5, 0.6) is 0 Å². The minimum atomic E-state index is -1.09. The second kappa shape index (κ2) is 9.98. The summed E-state index contributed by atoms with van der Waals surface area (Å²) in [5, 5.41) is 4.33. The van der Waals surface area contributed by atoms with E-state index in [2.05, 4.69) is 10.7 Å². The van der Waals surface area contributed by atoms with Crippen molar-refractivity contribution in [2.75, 3.05) is 10.2 Å². The molecular weight excluding hydrogens is 479 g/mol. The van der Waals surface area contributed by atoms with Crippen molar-refractivity contribution in [2.45, 2.75) is 12.5 Å². The van der Waals surface area contributed by atoms with E-state index in [1.165, 1.54) is 46.3 Å². The van der Waals surface area contributed by atoms with Crippen LogP contribution in [0.25, 0.3) is 0 Å². The van der Waals surface area contributed by atoms with Crippen molar-refractivity contribution in [2.24, 2.45) is 0 Å². The van der Waals surface area contributed by atoms with Crippen LogP contribution in [0.2, 0.25) is 5.02 Å². The van der Waals surface area contributed by atoms with Gasteiger partial charge >= 0.3 is 0 Å². The molecule has 2 N–H and O–H groups in total. The molecule has 34 heavy (non-hydrogen) atoms. The molecule has 1 atom stereocenters. The molecule has 1 fully saturated rings. The van der Waals surface area contributed by atoms with E-state index < -0.39 is 29.6 Å². The number of hydrogen-bond donors (Lipinski definition) is 2. The first-order valence-electron chi connectivity index (χ1n) is 10.2. The van der Waals surface area contributed by atoms with Crippen LogP contribution in [0.1, 0.15) is 16.8 Å². The molecule has 3 aromatic carbocycles. The van der Waals surface area contributed by atoms with Gasteiger partial charge in [0.05, 0.1) is 12.1 Å². The summed E-state index contributed by atoms with van der Waals surface area (Å²) in [6.07, 6.45) is -0.305. The van der Waals surface area contributed by atoms with Gasteiger partial charge in [-0.25, -0.2) is 9.40 Å². The number of hydrazine groups is 1. The zero-order valence-corrected chi connectivity index (χ0v) is 19.1. The molecule has 1 aliphatic heterocycles. The monoisotopic (exact) mass is 496 g/mol. The number of hydrogen-bond acceptors (Lipinski definition) is 4. The number of benzene rings is 3. The molecule has 0 aromatic heterocycles. The first-order valence-corrected chi connectivity index (χ1v) is 11.0. The van der Waals surface area contributed by atoms with Gasteiger partial charge < -0.3 is 5.32 Å². The Morgan fingerprint density at radius 2 is 1.62 bits per heavy atom. The van der Waals surface area contributed by atoms with Gasteiger partial charge in [0.2, 0.25) is 11.0 Å². The largest absolute Gasteiger partial charge is 0.326 e. The van der Waals surface area contributed by atoms with Gasteiger partial charge in [-0.1, -0.05) is 29.8 Å². The third kappa shape index (κ3) is 5.05. The Morgan fingerprint density at radius 1 is 0.971 bits per heavy atom. The fraction of sp³-hybridized carbons (Fsp3) is 0.0833. The highest BCUT2D eigenvalue weighted by molar-refractivity contribution is 7.80. The minimum absolute atomic E-state index is 0.0260. The maximum atomic E-state index is 13.3. The molecule has 1 saturated heterocycles. The molecule has 0 spiro atoms. The second-order valence-corrected chi connectivity index (χ2v) is 8.19. The molecule has 0 aliphatic carbocycles. The second-order valence-electron chi connectivity index (χ2n) is 7.38. The zero-order chi connectivity index (χ0) is 24.2. The summed E-state index contributed by atoms with van der Waals surface area (Å²) in [6, 6.07) is 19.0. The quantitative estimate of drug-likeness (QED) is 0.501. The Labute approximate surface area is 205 Å². The number of amides is 3. The Bertz CT molecular complexity index is 1240. The lowest BCUT2D eigenvalue weighted by Gasteiger charge is -2.24. The summed E-state index contributed by atoms with van der Waals surface area (Å²) in [5.74, 6) is -1.94. The van der Waals surface area contributed by atoms with E-state index in [-0.39, 0.29) is 11.5 Å². The van der Waals surface area contributed by atoms with Crippen molar-refractivity contribution in [3.8, 4) is 0 Å². The molecule has 3 amide bonds. The third-order valence-corrected chi connectivity index (χ3v) is 5.70. The van der Waals surface area contributed by atoms with Crippen molar-refractivity contribution < 1.29 is 18.8 Å². The van der Waals surface area contributed by atoms with Crippen LogP contribution in [-0.2, 0) is 9.59 Å². The number of carbonyl (C=O) groups excluding carboxylic acids is 3. The minimum Gasteiger partial charge on any atom is -0.326 e. The summed E-state index contributed by atoms with van der Waals surface area (Å²) in [7, 11) is 0. The first kappa shape index (κ1) is 23.3. The van der Waals surface area contributed by atoms with Crippen molar-refractivity contribution in [3.05, 3.63) is 95.3 Å². The van der Waals surface area contributed by atoms with Crippen LogP contribution >= 0.6 is 23.8 Å². The summed E-state index contributed by atoms with van der Waals surface area (Å²) in [5.41, 5.74) is 3.81. The summed E-state index contributed by atoms with van der Waals surface area (Å²) >= 11 is 11.4. The average Bonchev–Trinajstić information content (AvgIpc) is 3.05. The van der Waals surface area contributed by atoms with Crippen LogP contribution in [0, 0.1) is 5.82 Å². The van der Waals surface area contributed by atoms with Crippen LogP contribution in [-0.4, -0.2) is 33.9 Å². The number of para-hydroxylation sites is 1.